The molecule has 0 spiro atoms. The highest BCUT2D eigenvalue weighted by atomic mass is 19.4. The smallest absolute Gasteiger partial charge is 0.405 e. The predicted molar refractivity (Wildman–Crippen MR) is 71.5 cm³/mol. The summed E-state index contributed by atoms with van der Waals surface area (Å²) in [6, 6.07) is 0. The molecule has 0 bridgehead atoms. The van der Waals surface area contributed by atoms with Crippen molar-refractivity contribution in [2.24, 2.45) is 11.7 Å². The van der Waals surface area contributed by atoms with Crippen molar-refractivity contribution in [2.45, 2.75) is 59.2 Å². The number of rotatable bonds is 4. The number of primary amides is 1. The first-order valence-electron chi connectivity index (χ1n) is 6.50. The lowest BCUT2D eigenvalue weighted by molar-refractivity contribution is -0.173. The van der Waals surface area contributed by atoms with E-state index in [0.717, 1.165) is 6.92 Å². The van der Waals surface area contributed by atoms with Crippen LogP contribution in [0.4, 0.5) is 18.0 Å². The Morgan fingerprint density at radius 3 is 1.90 bits per heavy atom. The molecule has 1 atom stereocenters. The third-order valence-corrected chi connectivity index (χ3v) is 2.05. The fourth-order valence-corrected chi connectivity index (χ4v) is 1.03. The lowest BCUT2D eigenvalue weighted by Gasteiger charge is -2.16. The second-order valence-corrected chi connectivity index (χ2v) is 5.32. The summed E-state index contributed by atoms with van der Waals surface area (Å²) in [5.41, 5.74) is 4.26. The van der Waals surface area contributed by atoms with E-state index in [1.165, 1.54) is 0 Å². The van der Waals surface area contributed by atoms with Gasteiger partial charge in [-0.1, -0.05) is 6.92 Å². The number of halogens is 3. The summed E-state index contributed by atoms with van der Waals surface area (Å²) in [5, 5.41) is 0. The van der Waals surface area contributed by atoms with Crippen LogP contribution in [0.25, 0.3) is 0 Å². The zero-order valence-corrected chi connectivity index (χ0v) is 13.0. The normalized spacial score (nSPS) is 12.8. The molecular formula is C13H24F3NO4. The van der Waals surface area contributed by atoms with Gasteiger partial charge in [0.25, 0.3) is 0 Å². The number of nitrogens with two attached hydrogens (primary N) is 1. The highest BCUT2D eigenvalue weighted by Crippen LogP contribution is 2.29. The van der Waals surface area contributed by atoms with Crippen LogP contribution >= 0.6 is 0 Å². The van der Waals surface area contributed by atoms with Crippen LogP contribution < -0.4 is 5.73 Å². The first kappa shape index (κ1) is 21.8. The predicted octanol–water partition coefficient (Wildman–Crippen LogP) is 3.41. The van der Waals surface area contributed by atoms with Crippen molar-refractivity contribution >= 4 is 12.1 Å². The Labute approximate surface area is 123 Å². The quantitative estimate of drug-likeness (QED) is 0.806. The molecule has 5 nitrogen and oxygen atoms in total. The molecule has 0 aliphatic carbocycles. The standard InChI is InChI=1S/C8H13F3O2.C5H11NO2/c1-3-13-7(12)5-4-6(2)8(9,10)11;1-5(2,3)8-4(6)7/h6H,3-5H2,1-2H3;1-3H3,(H2,6,7). The van der Waals surface area contributed by atoms with E-state index < -0.39 is 29.8 Å². The van der Waals surface area contributed by atoms with Crippen molar-refractivity contribution in [3.63, 3.8) is 0 Å². The van der Waals surface area contributed by atoms with Crippen LogP contribution in [-0.4, -0.2) is 30.4 Å². The summed E-state index contributed by atoms with van der Waals surface area (Å²) in [4.78, 5) is 20.7. The maximum absolute atomic E-state index is 11.9. The maximum Gasteiger partial charge on any atom is 0.405 e. The summed E-state index contributed by atoms with van der Waals surface area (Å²) < 4.78 is 44.9. The molecule has 0 saturated heterocycles. The van der Waals surface area contributed by atoms with E-state index in [2.05, 4.69) is 9.47 Å². The topological polar surface area (TPSA) is 78.6 Å². The Morgan fingerprint density at radius 2 is 1.67 bits per heavy atom. The van der Waals surface area contributed by atoms with Crippen LogP contribution in [0.15, 0.2) is 0 Å². The van der Waals surface area contributed by atoms with E-state index >= 15 is 0 Å². The van der Waals surface area contributed by atoms with E-state index in [1.807, 2.05) is 0 Å². The van der Waals surface area contributed by atoms with Gasteiger partial charge in [-0.3, -0.25) is 4.79 Å². The second-order valence-electron chi connectivity index (χ2n) is 5.32. The van der Waals surface area contributed by atoms with Gasteiger partial charge in [0.05, 0.1) is 12.5 Å². The van der Waals surface area contributed by atoms with Crippen molar-refractivity contribution in [3.8, 4) is 0 Å². The van der Waals surface area contributed by atoms with Gasteiger partial charge < -0.3 is 15.2 Å². The summed E-state index contributed by atoms with van der Waals surface area (Å²) >= 11 is 0. The lowest BCUT2D eigenvalue weighted by Crippen LogP contribution is -2.27. The molecule has 0 aromatic heterocycles. The molecule has 1 unspecified atom stereocenters. The van der Waals surface area contributed by atoms with Crippen molar-refractivity contribution in [2.75, 3.05) is 6.61 Å². The molecule has 1 amide bonds. The third-order valence-electron chi connectivity index (χ3n) is 2.05. The molecule has 21 heavy (non-hydrogen) atoms. The van der Waals surface area contributed by atoms with E-state index in [9.17, 15) is 22.8 Å². The minimum Gasteiger partial charge on any atom is -0.466 e. The van der Waals surface area contributed by atoms with Crippen LogP contribution in [0.2, 0.25) is 0 Å². The van der Waals surface area contributed by atoms with Gasteiger partial charge in [0, 0.05) is 6.42 Å². The Balaban J connectivity index is 0. The molecule has 0 radical (unpaired) electrons. The Hall–Kier alpha value is -1.47. The zero-order valence-electron chi connectivity index (χ0n) is 13.0. The third kappa shape index (κ3) is 16.5. The molecule has 0 heterocycles. The minimum absolute atomic E-state index is 0.172. The molecule has 0 rings (SSSR count). The summed E-state index contributed by atoms with van der Waals surface area (Å²) in [6.07, 6.45) is -5.32. The zero-order chi connectivity index (χ0) is 17.3. The van der Waals surface area contributed by atoms with Gasteiger partial charge in [0.2, 0.25) is 0 Å². The molecule has 0 fully saturated rings. The van der Waals surface area contributed by atoms with Gasteiger partial charge in [-0.05, 0) is 34.1 Å². The van der Waals surface area contributed by atoms with Crippen molar-refractivity contribution < 1.29 is 32.2 Å². The fourth-order valence-electron chi connectivity index (χ4n) is 1.03. The van der Waals surface area contributed by atoms with Gasteiger partial charge in [-0.15, -0.1) is 0 Å². The lowest BCUT2D eigenvalue weighted by atomic mass is 10.1. The van der Waals surface area contributed by atoms with Crippen LogP contribution in [0.3, 0.4) is 0 Å². The largest absolute Gasteiger partial charge is 0.466 e. The molecular weight excluding hydrogens is 291 g/mol. The van der Waals surface area contributed by atoms with Crippen LogP contribution in [0.1, 0.15) is 47.5 Å². The highest BCUT2D eigenvalue weighted by Gasteiger charge is 2.35. The molecule has 2 N–H and O–H groups in total. The van der Waals surface area contributed by atoms with Crippen molar-refractivity contribution in [1.82, 2.24) is 0 Å². The van der Waals surface area contributed by atoms with E-state index in [1.54, 1.807) is 27.7 Å². The number of esters is 1. The van der Waals surface area contributed by atoms with E-state index in [-0.39, 0.29) is 19.4 Å². The van der Waals surface area contributed by atoms with Crippen molar-refractivity contribution in [1.29, 1.82) is 0 Å². The van der Waals surface area contributed by atoms with Crippen LogP contribution in [0, 0.1) is 5.92 Å². The molecule has 8 heteroatoms. The number of ether oxygens (including phenoxy) is 2. The number of carbonyl (C=O) groups is 2. The Bertz CT molecular complexity index is 324. The van der Waals surface area contributed by atoms with Crippen molar-refractivity contribution in [3.05, 3.63) is 0 Å². The van der Waals surface area contributed by atoms with Crippen LogP contribution in [0.5, 0.6) is 0 Å². The van der Waals surface area contributed by atoms with Gasteiger partial charge in [0.15, 0.2) is 0 Å². The number of hydrogen-bond acceptors (Lipinski definition) is 4. The maximum atomic E-state index is 11.9. The van der Waals surface area contributed by atoms with E-state index in [4.69, 9.17) is 5.73 Å². The molecule has 0 saturated carbocycles. The summed E-state index contributed by atoms with van der Waals surface area (Å²) in [5.74, 6) is -2.02. The molecule has 0 aromatic carbocycles. The molecule has 0 aliphatic rings. The SMILES string of the molecule is CC(C)(C)OC(N)=O.CCOC(=O)CCC(C)C(F)(F)F. The van der Waals surface area contributed by atoms with Gasteiger partial charge in [-0.25, -0.2) is 4.79 Å². The number of carbonyl (C=O) groups excluding carboxylic acids is 2. The molecule has 0 aliphatic heterocycles. The summed E-state index contributed by atoms with van der Waals surface area (Å²) in [6.45, 7) is 8.16. The first-order chi connectivity index (χ1) is 9.29. The Kier molecular flexibility index (Phi) is 9.83. The number of hydrogen-bond donors (Lipinski definition) is 1. The average molecular weight is 315 g/mol. The fraction of sp³-hybridized carbons (Fsp3) is 0.846. The summed E-state index contributed by atoms with van der Waals surface area (Å²) in [7, 11) is 0. The monoisotopic (exact) mass is 315 g/mol. The van der Waals surface area contributed by atoms with Crippen LogP contribution in [-0.2, 0) is 14.3 Å². The first-order valence-corrected chi connectivity index (χ1v) is 6.50. The molecule has 126 valence electrons. The van der Waals surface area contributed by atoms with Gasteiger partial charge in [0.1, 0.15) is 5.60 Å². The van der Waals surface area contributed by atoms with Gasteiger partial charge >= 0.3 is 18.2 Å². The van der Waals surface area contributed by atoms with Gasteiger partial charge in [-0.2, -0.15) is 13.2 Å². The average Bonchev–Trinajstić information content (AvgIpc) is 2.22. The Morgan fingerprint density at radius 1 is 1.19 bits per heavy atom. The minimum atomic E-state index is -4.22. The number of amides is 1. The second kappa shape index (κ2) is 9.46. The van der Waals surface area contributed by atoms with E-state index in [0.29, 0.717) is 0 Å². The highest BCUT2D eigenvalue weighted by molar-refractivity contribution is 5.69. The molecule has 0 aromatic rings. The number of alkyl halides is 3.